The third-order valence-corrected chi connectivity index (χ3v) is 7.16. The first kappa shape index (κ1) is 17.1. The molecule has 0 saturated carbocycles. The highest BCUT2D eigenvalue weighted by molar-refractivity contribution is 6.72. The molecular formula is C13H30O3Si. The lowest BCUT2D eigenvalue weighted by Gasteiger charge is -2.27. The Balaban J connectivity index is 3.72. The molecule has 0 aromatic carbocycles. The number of unbranched alkanes of at least 4 members (excludes halogenated alkanes) is 5. The summed E-state index contributed by atoms with van der Waals surface area (Å²) in [4.78, 5) is 0. The van der Waals surface area contributed by atoms with Gasteiger partial charge in [0.25, 0.3) is 0 Å². The van der Waals surface area contributed by atoms with Crippen LogP contribution >= 0.6 is 0 Å². The molecule has 0 aliphatic heterocycles. The zero-order chi connectivity index (χ0) is 13.1. The fraction of sp³-hybridized carbons (Fsp3) is 1.00. The summed E-state index contributed by atoms with van der Waals surface area (Å²) in [5.41, 5.74) is 0. The van der Waals surface area contributed by atoms with Crippen molar-refractivity contribution in [3.8, 4) is 0 Å². The Morgan fingerprint density at radius 3 is 2.24 bits per heavy atom. The quantitative estimate of drug-likeness (QED) is 0.444. The molecule has 0 bridgehead atoms. The first-order chi connectivity index (χ1) is 8.08. The third-order valence-electron chi connectivity index (χ3n) is 3.43. The molecule has 0 rings (SSSR count). The molecule has 2 atom stereocenters. The van der Waals surface area contributed by atoms with Crippen molar-refractivity contribution < 1.29 is 14.6 Å². The van der Waals surface area contributed by atoms with E-state index >= 15 is 0 Å². The van der Waals surface area contributed by atoms with Crippen molar-refractivity contribution in [1.29, 1.82) is 0 Å². The van der Waals surface area contributed by atoms with Crippen molar-refractivity contribution in [2.45, 2.75) is 70.2 Å². The molecule has 0 spiro atoms. The topological polar surface area (TPSA) is 49.7 Å². The standard InChI is InChI=1S/C13H30O3Si/c1-4-5-6-7-8-9-10-17(3,16-2)12-13(15)11-14/h13-15H,4-12H2,1-3H3. The van der Waals surface area contributed by atoms with Crippen LogP contribution in [0.25, 0.3) is 0 Å². The highest BCUT2D eigenvalue weighted by Crippen LogP contribution is 2.22. The second-order valence-corrected chi connectivity index (χ2v) is 9.43. The maximum absolute atomic E-state index is 9.50. The van der Waals surface area contributed by atoms with E-state index in [0.29, 0.717) is 6.04 Å². The molecule has 0 fully saturated rings. The normalized spacial score (nSPS) is 16.8. The van der Waals surface area contributed by atoms with Crippen molar-refractivity contribution in [1.82, 2.24) is 0 Å². The molecule has 0 saturated heterocycles. The fourth-order valence-corrected chi connectivity index (χ4v) is 4.83. The molecule has 0 amide bonds. The number of hydrogen-bond acceptors (Lipinski definition) is 3. The van der Waals surface area contributed by atoms with E-state index in [4.69, 9.17) is 9.53 Å². The van der Waals surface area contributed by atoms with Gasteiger partial charge in [-0.25, -0.2) is 0 Å². The van der Waals surface area contributed by atoms with Gasteiger partial charge < -0.3 is 14.6 Å². The van der Waals surface area contributed by atoms with Crippen LogP contribution in [0.5, 0.6) is 0 Å². The summed E-state index contributed by atoms with van der Waals surface area (Å²) in [6.07, 6.45) is 7.12. The Bertz CT molecular complexity index is 178. The summed E-state index contributed by atoms with van der Waals surface area (Å²) < 4.78 is 5.61. The Morgan fingerprint density at radius 1 is 1.12 bits per heavy atom. The summed E-state index contributed by atoms with van der Waals surface area (Å²) in [5.74, 6) is 0. The minimum Gasteiger partial charge on any atom is -0.420 e. The van der Waals surface area contributed by atoms with Gasteiger partial charge in [-0.05, 0) is 18.6 Å². The van der Waals surface area contributed by atoms with Gasteiger partial charge in [0.1, 0.15) is 0 Å². The molecule has 3 nitrogen and oxygen atoms in total. The maximum atomic E-state index is 9.50. The minimum absolute atomic E-state index is 0.150. The van der Waals surface area contributed by atoms with Crippen molar-refractivity contribution in [2.24, 2.45) is 0 Å². The predicted octanol–water partition coefficient (Wildman–Crippen LogP) is 2.92. The maximum Gasteiger partial charge on any atom is 0.191 e. The van der Waals surface area contributed by atoms with Crippen LogP contribution in [0.15, 0.2) is 0 Å². The van der Waals surface area contributed by atoms with Crippen molar-refractivity contribution in [3.05, 3.63) is 0 Å². The molecule has 0 aromatic heterocycles. The van der Waals surface area contributed by atoms with E-state index < -0.39 is 14.4 Å². The Labute approximate surface area is 107 Å². The zero-order valence-corrected chi connectivity index (χ0v) is 12.7. The Hall–Kier alpha value is 0.0969. The highest BCUT2D eigenvalue weighted by atomic mass is 28.4. The summed E-state index contributed by atoms with van der Waals surface area (Å²) in [7, 11) is -0.0425. The first-order valence-electron chi connectivity index (χ1n) is 6.92. The van der Waals surface area contributed by atoms with Gasteiger partial charge in [0.05, 0.1) is 12.7 Å². The SMILES string of the molecule is CCCCCCCC[Si](C)(CC(O)CO)OC. The van der Waals surface area contributed by atoms with E-state index in [0.717, 1.165) is 6.04 Å². The van der Waals surface area contributed by atoms with E-state index in [-0.39, 0.29) is 6.61 Å². The Morgan fingerprint density at radius 2 is 1.71 bits per heavy atom. The molecule has 17 heavy (non-hydrogen) atoms. The summed E-state index contributed by atoms with van der Waals surface area (Å²) >= 11 is 0. The summed E-state index contributed by atoms with van der Waals surface area (Å²) in [5, 5.41) is 18.4. The average Bonchev–Trinajstić information content (AvgIpc) is 2.33. The van der Waals surface area contributed by atoms with Crippen LogP contribution in [0.3, 0.4) is 0 Å². The molecule has 4 heteroatoms. The third kappa shape index (κ3) is 8.77. The van der Waals surface area contributed by atoms with Gasteiger partial charge in [-0.3, -0.25) is 0 Å². The molecule has 2 N–H and O–H groups in total. The molecule has 104 valence electrons. The lowest BCUT2D eigenvalue weighted by Crippen LogP contribution is -2.38. The van der Waals surface area contributed by atoms with Gasteiger partial charge in [-0.1, -0.05) is 45.4 Å². The molecule has 0 aliphatic carbocycles. The predicted molar refractivity (Wildman–Crippen MR) is 74.7 cm³/mol. The molecule has 0 aromatic rings. The van der Waals surface area contributed by atoms with Gasteiger partial charge in [0.2, 0.25) is 0 Å². The lowest BCUT2D eigenvalue weighted by atomic mass is 10.1. The van der Waals surface area contributed by atoms with Crippen molar-refractivity contribution in [2.75, 3.05) is 13.7 Å². The van der Waals surface area contributed by atoms with Crippen LogP contribution in [0.4, 0.5) is 0 Å². The Kier molecular flexibility index (Phi) is 10.1. The van der Waals surface area contributed by atoms with Gasteiger partial charge in [-0.2, -0.15) is 0 Å². The summed E-state index contributed by atoms with van der Waals surface area (Å²) in [6.45, 7) is 4.23. The lowest BCUT2D eigenvalue weighted by molar-refractivity contribution is 0.105. The molecule has 0 aliphatic rings. The van der Waals surface area contributed by atoms with E-state index in [2.05, 4.69) is 13.5 Å². The number of aliphatic hydroxyl groups is 2. The van der Waals surface area contributed by atoms with Crippen LogP contribution in [-0.4, -0.2) is 38.4 Å². The smallest absolute Gasteiger partial charge is 0.191 e. The van der Waals surface area contributed by atoms with Gasteiger partial charge in [0.15, 0.2) is 8.32 Å². The first-order valence-corrected chi connectivity index (χ1v) is 9.74. The van der Waals surface area contributed by atoms with E-state index in [1.165, 1.54) is 38.5 Å². The summed E-state index contributed by atoms with van der Waals surface area (Å²) in [6, 6.07) is 1.74. The van der Waals surface area contributed by atoms with Crippen molar-refractivity contribution >= 4 is 8.32 Å². The van der Waals surface area contributed by atoms with Crippen molar-refractivity contribution in [3.63, 3.8) is 0 Å². The highest BCUT2D eigenvalue weighted by Gasteiger charge is 2.29. The van der Waals surface area contributed by atoms with E-state index in [1.54, 1.807) is 7.11 Å². The van der Waals surface area contributed by atoms with Crippen LogP contribution in [0.2, 0.25) is 18.6 Å². The van der Waals surface area contributed by atoms with Crippen LogP contribution < -0.4 is 0 Å². The monoisotopic (exact) mass is 262 g/mol. The fourth-order valence-electron chi connectivity index (χ4n) is 2.13. The molecule has 0 radical (unpaired) electrons. The van der Waals surface area contributed by atoms with Gasteiger partial charge >= 0.3 is 0 Å². The zero-order valence-electron chi connectivity index (χ0n) is 11.7. The molecule has 2 unspecified atom stereocenters. The van der Waals surface area contributed by atoms with Crippen LogP contribution in [-0.2, 0) is 4.43 Å². The number of aliphatic hydroxyl groups excluding tert-OH is 2. The van der Waals surface area contributed by atoms with E-state index in [9.17, 15) is 5.11 Å². The minimum atomic E-state index is -1.79. The van der Waals surface area contributed by atoms with E-state index in [1.807, 2.05) is 0 Å². The van der Waals surface area contributed by atoms with Gasteiger partial charge in [0, 0.05) is 7.11 Å². The number of rotatable bonds is 11. The van der Waals surface area contributed by atoms with Crippen LogP contribution in [0, 0.1) is 0 Å². The number of hydrogen-bond donors (Lipinski definition) is 2. The van der Waals surface area contributed by atoms with Gasteiger partial charge in [-0.15, -0.1) is 0 Å². The second kappa shape index (κ2) is 10.1. The molecule has 0 heterocycles. The largest absolute Gasteiger partial charge is 0.420 e. The van der Waals surface area contributed by atoms with Crippen LogP contribution in [0.1, 0.15) is 45.4 Å². The average molecular weight is 262 g/mol. The molecular weight excluding hydrogens is 232 g/mol. The second-order valence-electron chi connectivity index (χ2n) is 5.21.